The summed E-state index contributed by atoms with van der Waals surface area (Å²) in [5.41, 5.74) is 7.41. The number of rotatable bonds is 3. The van der Waals surface area contributed by atoms with Gasteiger partial charge in [-0.3, -0.25) is 0 Å². The number of aromatic nitrogens is 7. The smallest absolute Gasteiger partial charge is 0.242 e. The van der Waals surface area contributed by atoms with Crippen LogP contribution in [0.15, 0.2) is 42.6 Å². The van der Waals surface area contributed by atoms with Crippen LogP contribution in [0, 0.1) is 6.92 Å². The van der Waals surface area contributed by atoms with Crippen molar-refractivity contribution in [2.24, 2.45) is 0 Å². The van der Waals surface area contributed by atoms with E-state index in [9.17, 15) is 0 Å². The van der Waals surface area contributed by atoms with Crippen LogP contribution in [0.1, 0.15) is 5.82 Å². The van der Waals surface area contributed by atoms with Gasteiger partial charge in [0.2, 0.25) is 17.8 Å². The second-order valence-corrected chi connectivity index (χ2v) is 5.03. The molecule has 3 heterocycles. The molecule has 118 valence electrons. The van der Waals surface area contributed by atoms with Gasteiger partial charge in [0, 0.05) is 6.20 Å². The number of hydrogen-bond donors (Lipinski definition) is 2. The number of nitrogen functional groups attached to an aromatic ring is 1. The van der Waals surface area contributed by atoms with Gasteiger partial charge < -0.3 is 11.1 Å². The Kier molecular flexibility index (Phi) is 3.23. The maximum absolute atomic E-state index is 5.77. The number of fused-ring (bicyclic) bond motifs is 1. The molecule has 4 rings (SSSR count). The third-order valence-electron chi connectivity index (χ3n) is 3.33. The normalized spacial score (nSPS) is 10.9. The lowest BCUT2D eigenvalue weighted by Crippen LogP contribution is -2.10. The highest BCUT2D eigenvalue weighted by atomic mass is 15.3. The second kappa shape index (κ2) is 5.54. The summed E-state index contributed by atoms with van der Waals surface area (Å²) in [6, 6.07) is 11.3. The van der Waals surface area contributed by atoms with Crippen molar-refractivity contribution in [2.45, 2.75) is 6.92 Å². The molecule has 0 radical (unpaired) electrons. The highest BCUT2D eigenvalue weighted by Crippen LogP contribution is 2.24. The molecule has 4 aromatic rings. The summed E-state index contributed by atoms with van der Waals surface area (Å²) >= 11 is 0. The van der Waals surface area contributed by atoms with Crippen molar-refractivity contribution in [1.82, 2.24) is 34.7 Å². The van der Waals surface area contributed by atoms with Gasteiger partial charge in [-0.25, -0.2) is 9.55 Å². The number of anilines is 3. The molecule has 0 aliphatic carbocycles. The molecule has 1 aromatic carbocycles. The lowest BCUT2D eigenvalue weighted by molar-refractivity contribution is 0.891. The third-order valence-corrected chi connectivity index (χ3v) is 3.33. The Bertz CT molecular complexity index is 990. The Morgan fingerprint density at radius 2 is 1.88 bits per heavy atom. The van der Waals surface area contributed by atoms with Gasteiger partial charge in [-0.15, -0.1) is 5.10 Å². The first-order valence-corrected chi connectivity index (χ1v) is 7.21. The minimum Gasteiger partial charge on any atom is -0.368 e. The Labute approximate surface area is 136 Å². The summed E-state index contributed by atoms with van der Waals surface area (Å²) in [5, 5.41) is 11.0. The van der Waals surface area contributed by atoms with Crippen molar-refractivity contribution in [3.8, 4) is 5.95 Å². The van der Waals surface area contributed by atoms with E-state index in [-0.39, 0.29) is 5.95 Å². The molecule has 0 amide bonds. The molecular formula is C15H13N9. The SMILES string of the molecule is Cc1nc(N)nc(-n2c(Nc3cccnn3)nc3ccccc32)n1. The van der Waals surface area contributed by atoms with Crippen molar-refractivity contribution in [1.29, 1.82) is 0 Å². The lowest BCUT2D eigenvalue weighted by atomic mass is 10.3. The molecule has 0 unspecified atom stereocenters. The molecule has 24 heavy (non-hydrogen) atoms. The number of nitrogens with one attached hydrogen (secondary N) is 1. The maximum atomic E-state index is 5.77. The zero-order valence-electron chi connectivity index (χ0n) is 12.7. The second-order valence-electron chi connectivity index (χ2n) is 5.03. The highest BCUT2D eigenvalue weighted by molar-refractivity contribution is 5.81. The maximum Gasteiger partial charge on any atom is 0.242 e. The minimum atomic E-state index is 0.153. The number of aryl methyl sites for hydroxylation is 1. The Morgan fingerprint density at radius 1 is 1.00 bits per heavy atom. The van der Waals surface area contributed by atoms with Gasteiger partial charge >= 0.3 is 0 Å². The number of nitrogens with two attached hydrogens (primary N) is 1. The Hall–Kier alpha value is -3.62. The van der Waals surface area contributed by atoms with Crippen LogP contribution in [0.25, 0.3) is 17.0 Å². The van der Waals surface area contributed by atoms with Crippen LogP contribution in [-0.4, -0.2) is 34.7 Å². The van der Waals surface area contributed by atoms with Crippen LogP contribution in [0.4, 0.5) is 17.7 Å². The molecule has 0 atom stereocenters. The molecule has 0 fully saturated rings. The van der Waals surface area contributed by atoms with Crippen molar-refractivity contribution in [3.63, 3.8) is 0 Å². The molecule has 0 saturated heterocycles. The summed E-state index contributed by atoms with van der Waals surface area (Å²) in [4.78, 5) is 17.2. The van der Waals surface area contributed by atoms with Gasteiger partial charge in [0.25, 0.3) is 0 Å². The molecule has 0 spiro atoms. The van der Waals surface area contributed by atoms with Crippen LogP contribution in [0.2, 0.25) is 0 Å². The fourth-order valence-corrected chi connectivity index (χ4v) is 2.38. The molecule has 0 bridgehead atoms. The van der Waals surface area contributed by atoms with E-state index in [4.69, 9.17) is 5.73 Å². The Balaban J connectivity index is 1.93. The van der Waals surface area contributed by atoms with Crippen molar-refractivity contribution in [2.75, 3.05) is 11.1 Å². The number of benzene rings is 1. The van der Waals surface area contributed by atoms with Crippen LogP contribution in [0.3, 0.4) is 0 Å². The van der Waals surface area contributed by atoms with Crippen LogP contribution in [-0.2, 0) is 0 Å². The predicted molar refractivity (Wildman–Crippen MR) is 88.9 cm³/mol. The van der Waals surface area contributed by atoms with E-state index < -0.39 is 0 Å². The van der Waals surface area contributed by atoms with Gasteiger partial charge in [0.05, 0.1) is 11.0 Å². The van der Waals surface area contributed by atoms with Crippen LogP contribution in [0.5, 0.6) is 0 Å². The van der Waals surface area contributed by atoms with Crippen LogP contribution < -0.4 is 11.1 Å². The van der Waals surface area contributed by atoms with E-state index in [1.54, 1.807) is 29.8 Å². The molecule has 0 aliphatic rings. The zero-order valence-corrected chi connectivity index (χ0v) is 12.7. The number of imidazole rings is 1. The summed E-state index contributed by atoms with van der Waals surface area (Å²) in [7, 11) is 0. The standard InChI is InChI=1S/C15H13N9/c1-9-18-13(16)22-14(19-9)24-11-6-3-2-5-10(11)20-15(24)21-12-7-4-8-17-23-12/h2-8H,1H3,(H,20,21,23)(H2,16,18,19,22). The van der Waals surface area contributed by atoms with E-state index in [1.807, 2.05) is 24.3 Å². The van der Waals surface area contributed by atoms with E-state index in [0.717, 1.165) is 11.0 Å². The third kappa shape index (κ3) is 2.47. The molecule has 0 saturated carbocycles. The van der Waals surface area contributed by atoms with E-state index in [0.29, 0.717) is 23.5 Å². The van der Waals surface area contributed by atoms with E-state index in [1.165, 1.54) is 0 Å². The largest absolute Gasteiger partial charge is 0.368 e. The van der Waals surface area contributed by atoms with Crippen molar-refractivity contribution in [3.05, 3.63) is 48.4 Å². The molecule has 9 nitrogen and oxygen atoms in total. The van der Waals surface area contributed by atoms with Gasteiger partial charge in [0.15, 0.2) is 5.82 Å². The summed E-state index contributed by atoms with van der Waals surface area (Å²) in [5.74, 6) is 2.15. The van der Waals surface area contributed by atoms with Crippen molar-refractivity contribution >= 4 is 28.7 Å². The number of hydrogen-bond acceptors (Lipinski definition) is 8. The van der Waals surface area contributed by atoms with E-state index >= 15 is 0 Å². The summed E-state index contributed by atoms with van der Waals surface area (Å²) < 4.78 is 1.77. The quantitative estimate of drug-likeness (QED) is 0.584. The van der Waals surface area contributed by atoms with Gasteiger partial charge in [-0.2, -0.15) is 20.1 Å². The molecule has 0 aliphatic heterocycles. The monoisotopic (exact) mass is 319 g/mol. The fraction of sp³-hybridized carbons (Fsp3) is 0.0667. The summed E-state index contributed by atoms with van der Waals surface area (Å²) in [6.45, 7) is 1.76. The molecule has 3 N–H and O–H groups in total. The van der Waals surface area contributed by atoms with Gasteiger partial charge in [-0.1, -0.05) is 12.1 Å². The first-order chi connectivity index (χ1) is 11.7. The minimum absolute atomic E-state index is 0.153. The van der Waals surface area contributed by atoms with Crippen LogP contribution >= 0.6 is 0 Å². The predicted octanol–water partition coefficient (Wildman–Crippen LogP) is 1.63. The average Bonchev–Trinajstić information content (AvgIpc) is 2.92. The molecular weight excluding hydrogens is 306 g/mol. The topological polar surface area (TPSA) is 120 Å². The Morgan fingerprint density at radius 3 is 2.67 bits per heavy atom. The zero-order chi connectivity index (χ0) is 16.5. The number of nitrogens with zero attached hydrogens (tertiary/aromatic N) is 7. The number of para-hydroxylation sites is 2. The van der Waals surface area contributed by atoms with Gasteiger partial charge in [-0.05, 0) is 31.2 Å². The van der Waals surface area contributed by atoms with E-state index in [2.05, 4.69) is 35.5 Å². The highest BCUT2D eigenvalue weighted by Gasteiger charge is 2.16. The van der Waals surface area contributed by atoms with Gasteiger partial charge in [0.1, 0.15) is 5.82 Å². The molecule has 3 aromatic heterocycles. The molecule has 9 heteroatoms. The first-order valence-electron chi connectivity index (χ1n) is 7.21. The lowest BCUT2D eigenvalue weighted by Gasteiger charge is -2.09. The van der Waals surface area contributed by atoms with Crippen molar-refractivity contribution < 1.29 is 0 Å². The summed E-state index contributed by atoms with van der Waals surface area (Å²) in [6.07, 6.45) is 1.60. The first kappa shape index (κ1) is 14.0. The fourth-order valence-electron chi connectivity index (χ4n) is 2.38. The average molecular weight is 319 g/mol.